The van der Waals surface area contributed by atoms with Crippen LogP contribution in [0.25, 0.3) is 10.8 Å². The van der Waals surface area contributed by atoms with Gasteiger partial charge in [-0.3, -0.25) is 4.79 Å². The summed E-state index contributed by atoms with van der Waals surface area (Å²) in [5.74, 6) is 1.18. The maximum absolute atomic E-state index is 11.2. The van der Waals surface area contributed by atoms with Crippen LogP contribution in [-0.4, -0.2) is 16.1 Å². The Labute approximate surface area is 116 Å². The average Bonchev–Trinajstić information content (AvgIpc) is 2.73. The average molecular weight is 266 g/mol. The first kappa shape index (κ1) is 12.4. The molecule has 1 aromatic heterocycles. The van der Waals surface area contributed by atoms with Crippen LogP contribution in [0.2, 0.25) is 0 Å². The van der Waals surface area contributed by atoms with E-state index in [0.29, 0.717) is 22.9 Å². The highest BCUT2D eigenvalue weighted by Gasteiger charge is 2.15. The molecule has 3 rings (SSSR count). The molecule has 0 saturated heterocycles. The maximum atomic E-state index is 11.2. The topological polar surface area (TPSA) is 44.1 Å². The molecule has 100 valence electrons. The van der Waals surface area contributed by atoms with Crippen molar-refractivity contribution in [3.05, 3.63) is 53.7 Å². The summed E-state index contributed by atoms with van der Waals surface area (Å²) in [5, 5.41) is 6.32. The molecule has 0 bridgehead atoms. The minimum Gasteiger partial charge on any atom is -0.438 e. The molecule has 0 aliphatic heterocycles. The first-order valence-corrected chi connectivity index (χ1v) is 6.35. The monoisotopic (exact) mass is 266 g/mol. The van der Waals surface area contributed by atoms with Crippen LogP contribution in [0.3, 0.4) is 0 Å². The zero-order valence-corrected chi connectivity index (χ0v) is 11.3. The van der Waals surface area contributed by atoms with Crippen molar-refractivity contribution in [1.29, 1.82) is 0 Å². The van der Waals surface area contributed by atoms with Crippen molar-refractivity contribution < 1.29 is 9.53 Å². The van der Waals surface area contributed by atoms with Gasteiger partial charge in [-0.2, -0.15) is 5.10 Å². The first-order valence-electron chi connectivity index (χ1n) is 6.35. The predicted molar refractivity (Wildman–Crippen MR) is 77.4 cm³/mol. The molecule has 1 heterocycles. The molecule has 20 heavy (non-hydrogen) atoms. The van der Waals surface area contributed by atoms with Crippen LogP contribution in [0.15, 0.2) is 42.5 Å². The molecule has 3 aromatic rings. The zero-order chi connectivity index (χ0) is 14.1. The molecular formula is C16H14N2O2. The number of hydrogen-bond acceptors (Lipinski definition) is 3. The molecule has 4 heteroatoms. The van der Waals surface area contributed by atoms with Crippen LogP contribution in [0.1, 0.15) is 16.1 Å². The molecule has 0 fully saturated rings. The van der Waals surface area contributed by atoms with Crippen LogP contribution >= 0.6 is 0 Å². The fourth-order valence-electron chi connectivity index (χ4n) is 2.30. The van der Waals surface area contributed by atoms with Crippen LogP contribution in [0.4, 0.5) is 0 Å². The van der Waals surface area contributed by atoms with E-state index in [4.69, 9.17) is 4.74 Å². The number of rotatable bonds is 3. The molecule has 0 radical (unpaired) electrons. The van der Waals surface area contributed by atoms with Gasteiger partial charge in [0.05, 0.1) is 11.3 Å². The Morgan fingerprint density at radius 1 is 1.15 bits per heavy atom. The number of aldehydes is 1. The molecule has 0 aliphatic carbocycles. The number of nitrogens with zero attached hydrogens (tertiary/aromatic N) is 2. The Kier molecular flexibility index (Phi) is 2.99. The van der Waals surface area contributed by atoms with Gasteiger partial charge in [-0.25, -0.2) is 4.68 Å². The lowest BCUT2D eigenvalue weighted by Gasteiger charge is -2.09. The molecule has 0 aliphatic rings. The largest absolute Gasteiger partial charge is 0.438 e. The summed E-state index contributed by atoms with van der Waals surface area (Å²) >= 11 is 0. The van der Waals surface area contributed by atoms with E-state index in [9.17, 15) is 4.79 Å². The van der Waals surface area contributed by atoms with Crippen molar-refractivity contribution in [2.45, 2.75) is 6.92 Å². The number of fused-ring (bicyclic) bond motifs is 1. The van der Waals surface area contributed by atoms with Gasteiger partial charge in [-0.05, 0) is 18.4 Å². The highest BCUT2D eigenvalue weighted by molar-refractivity contribution is 5.89. The molecule has 4 nitrogen and oxygen atoms in total. The van der Waals surface area contributed by atoms with Gasteiger partial charge in [0.2, 0.25) is 5.88 Å². The van der Waals surface area contributed by atoms with Crippen LogP contribution in [0.5, 0.6) is 11.6 Å². The molecule has 0 N–H and O–H groups in total. The predicted octanol–water partition coefficient (Wildman–Crippen LogP) is 3.49. The fourth-order valence-corrected chi connectivity index (χ4v) is 2.30. The van der Waals surface area contributed by atoms with Crippen molar-refractivity contribution in [3.63, 3.8) is 0 Å². The van der Waals surface area contributed by atoms with E-state index in [2.05, 4.69) is 5.10 Å². The number of benzene rings is 2. The van der Waals surface area contributed by atoms with E-state index in [0.717, 1.165) is 17.1 Å². The Hall–Kier alpha value is -2.62. The summed E-state index contributed by atoms with van der Waals surface area (Å²) in [6, 6.07) is 13.8. The summed E-state index contributed by atoms with van der Waals surface area (Å²) in [5.41, 5.74) is 1.15. The third-order valence-electron chi connectivity index (χ3n) is 3.29. The van der Waals surface area contributed by atoms with Crippen molar-refractivity contribution in [3.8, 4) is 11.6 Å². The second-order valence-electron chi connectivity index (χ2n) is 4.63. The Morgan fingerprint density at radius 2 is 1.90 bits per heavy atom. The zero-order valence-electron chi connectivity index (χ0n) is 11.3. The number of aryl methyl sites for hydroxylation is 2. The summed E-state index contributed by atoms with van der Waals surface area (Å²) in [4.78, 5) is 11.2. The molecular weight excluding hydrogens is 252 g/mol. The number of carbonyl (C=O) groups is 1. The molecule has 0 saturated carbocycles. The molecule has 0 spiro atoms. The van der Waals surface area contributed by atoms with Gasteiger partial charge >= 0.3 is 0 Å². The highest BCUT2D eigenvalue weighted by atomic mass is 16.5. The minimum atomic E-state index is 0.467. The van der Waals surface area contributed by atoms with Gasteiger partial charge in [0.25, 0.3) is 0 Å². The summed E-state index contributed by atoms with van der Waals surface area (Å²) in [6.07, 6.45) is 0.781. The lowest BCUT2D eigenvalue weighted by molar-refractivity contribution is 0.112. The van der Waals surface area contributed by atoms with Crippen LogP contribution in [-0.2, 0) is 7.05 Å². The van der Waals surface area contributed by atoms with Gasteiger partial charge in [-0.1, -0.05) is 36.4 Å². The van der Waals surface area contributed by atoms with E-state index in [1.165, 1.54) is 0 Å². The van der Waals surface area contributed by atoms with Gasteiger partial charge in [0.15, 0.2) is 6.29 Å². The van der Waals surface area contributed by atoms with Crippen molar-refractivity contribution >= 4 is 17.1 Å². The van der Waals surface area contributed by atoms with Crippen LogP contribution in [0, 0.1) is 6.92 Å². The second kappa shape index (κ2) is 4.81. The lowest BCUT2D eigenvalue weighted by atomic mass is 10.1. The standard InChI is InChI=1S/C16H14N2O2/c1-11-14(10-19)16(18(2)17-11)20-15-9-5-7-12-6-3-4-8-13(12)15/h3-10H,1-2H3. The smallest absolute Gasteiger partial charge is 0.228 e. The molecule has 0 amide bonds. The molecule has 2 aromatic carbocycles. The van der Waals surface area contributed by atoms with Gasteiger partial charge < -0.3 is 4.74 Å². The SMILES string of the molecule is Cc1nn(C)c(Oc2cccc3ccccc23)c1C=O. The second-order valence-corrected chi connectivity index (χ2v) is 4.63. The summed E-state index contributed by atoms with van der Waals surface area (Å²) in [6.45, 7) is 1.79. The number of ether oxygens (including phenoxy) is 1. The Morgan fingerprint density at radius 3 is 2.70 bits per heavy atom. The van der Waals surface area contributed by atoms with Gasteiger partial charge in [0, 0.05) is 12.4 Å². The van der Waals surface area contributed by atoms with E-state index in [-0.39, 0.29) is 0 Å². The third-order valence-corrected chi connectivity index (χ3v) is 3.29. The summed E-state index contributed by atoms with van der Waals surface area (Å²) in [7, 11) is 1.76. The Bertz CT molecular complexity index is 785. The first-order chi connectivity index (χ1) is 9.70. The molecule has 0 unspecified atom stereocenters. The maximum Gasteiger partial charge on any atom is 0.228 e. The van der Waals surface area contributed by atoms with E-state index in [1.54, 1.807) is 18.7 Å². The van der Waals surface area contributed by atoms with Crippen molar-refractivity contribution in [1.82, 2.24) is 9.78 Å². The van der Waals surface area contributed by atoms with Gasteiger partial charge in [0.1, 0.15) is 5.75 Å². The number of aromatic nitrogens is 2. The lowest BCUT2D eigenvalue weighted by Crippen LogP contribution is -1.97. The van der Waals surface area contributed by atoms with Crippen molar-refractivity contribution in [2.24, 2.45) is 7.05 Å². The highest BCUT2D eigenvalue weighted by Crippen LogP contribution is 2.31. The van der Waals surface area contributed by atoms with Gasteiger partial charge in [-0.15, -0.1) is 0 Å². The number of carbonyl (C=O) groups excluding carboxylic acids is 1. The molecule has 0 atom stereocenters. The van der Waals surface area contributed by atoms with E-state index in [1.807, 2.05) is 42.5 Å². The quantitative estimate of drug-likeness (QED) is 0.682. The Balaban J connectivity index is 2.12. The summed E-state index contributed by atoms with van der Waals surface area (Å²) < 4.78 is 7.52. The normalized spacial score (nSPS) is 10.7. The minimum absolute atomic E-state index is 0.467. The van der Waals surface area contributed by atoms with Crippen LogP contribution < -0.4 is 4.74 Å². The van der Waals surface area contributed by atoms with E-state index >= 15 is 0 Å². The van der Waals surface area contributed by atoms with E-state index < -0.39 is 0 Å². The van der Waals surface area contributed by atoms with Crippen molar-refractivity contribution in [2.75, 3.05) is 0 Å². The third kappa shape index (κ3) is 1.95. The number of hydrogen-bond donors (Lipinski definition) is 0. The fraction of sp³-hybridized carbons (Fsp3) is 0.125.